The third-order valence-electron chi connectivity index (χ3n) is 17.4. The lowest BCUT2D eigenvalue weighted by atomic mass is 9.31. The lowest BCUT2D eigenvalue weighted by Crippen LogP contribution is -2.77. The molecule has 0 amide bonds. The summed E-state index contributed by atoms with van der Waals surface area (Å²) >= 11 is 5.18. The van der Waals surface area contributed by atoms with E-state index >= 15 is 0 Å². The second-order valence-electron chi connectivity index (χ2n) is 19.5. The molecular formula is C45H59BN2S2. The van der Waals surface area contributed by atoms with Crippen LogP contribution in [0.25, 0.3) is 0 Å². The zero-order valence-corrected chi connectivity index (χ0v) is 31.8. The number of nitrogens with zero attached hydrogens (tertiary/aromatic N) is 2. The van der Waals surface area contributed by atoms with Gasteiger partial charge >= 0.3 is 0 Å². The highest BCUT2D eigenvalue weighted by Crippen LogP contribution is 2.64. The highest BCUT2D eigenvalue weighted by molar-refractivity contribution is 8.01. The van der Waals surface area contributed by atoms with Crippen molar-refractivity contribution < 1.29 is 0 Å². The molecule has 12 rings (SSSR count). The lowest BCUT2D eigenvalue weighted by Gasteiger charge is -2.70. The van der Waals surface area contributed by atoms with Crippen LogP contribution in [0.1, 0.15) is 103 Å². The molecule has 2 nitrogen and oxygen atoms in total. The maximum Gasteiger partial charge on any atom is 0.214 e. The van der Waals surface area contributed by atoms with E-state index in [0.29, 0.717) is 12.5 Å². The fraction of sp³-hybridized carbons (Fsp3) is 0.733. The van der Waals surface area contributed by atoms with Gasteiger partial charge in [0.1, 0.15) is 0 Å². The Hall–Kier alpha value is -0.875. The summed E-state index contributed by atoms with van der Waals surface area (Å²) in [6.45, 7) is 0.483. The number of hydrogen-bond acceptors (Lipinski definition) is 4. The van der Waals surface area contributed by atoms with Gasteiger partial charge in [-0.2, -0.15) is 23.5 Å². The van der Waals surface area contributed by atoms with E-state index in [9.17, 15) is 0 Å². The van der Waals surface area contributed by atoms with Crippen LogP contribution in [-0.2, 0) is 0 Å². The van der Waals surface area contributed by atoms with Crippen LogP contribution >= 0.6 is 23.5 Å². The molecule has 6 bridgehead atoms. The number of hydrogen-bond donors (Lipinski definition) is 0. The number of benzene rings is 2. The Morgan fingerprint density at radius 3 is 1.46 bits per heavy atom. The quantitative estimate of drug-likeness (QED) is 0.296. The van der Waals surface area contributed by atoms with Crippen molar-refractivity contribution in [1.82, 2.24) is 9.80 Å². The predicted octanol–water partition coefficient (Wildman–Crippen LogP) is 8.50. The van der Waals surface area contributed by atoms with Crippen molar-refractivity contribution in [3.8, 4) is 0 Å². The van der Waals surface area contributed by atoms with Crippen molar-refractivity contribution >= 4 is 41.2 Å². The van der Waals surface area contributed by atoms with Gasteiger partial charge < -0.3 is 0 Å². The molecular weight excluding hydrogens is 643 g/mol. The first-order valence-electron chi connectivity index (χ1n) is 21.7. The Bertz CT molecular complexity index is 1450. The van der Waals surface area contributed by atoms with Gasteiger partial charge in [-0.1, -0.05) is 97.3 Å². The molecule has 16 atom stereocenters. The van der Waals surface area contributed by atoms with Crippen LogP contribution in [0.4, 0.5) is 0 Å². The summed E-state index contributed by atoms with van der Waals surface area (Å²) < 4.78 is 0. The fourth-order valence-corrected chi connectivity index (χ4v) is 20.4. The summed E-state index contributed by atoms with van der Waals surface area (Å²) in [6, 6.07) is 29.0. The lowest BCUT2D eigenvalue weighted by molar-refractivity contribution is -0.122. The van der Waals surface area contributed by atoms with Gasteiger partial charge in [-0.25, -0.2) is 0 Å². The first-order chi connectivity index (χ1) is 24.8. The van der Waals surface area contributed by atoms with Crippen molar-refractivity contribution in [3.05, 3.63) is 60.7 Å². The molecule has 0 N–H and O–H groups in total. The first-order valence-corrected chi connectivity index (χ1v) is 23.6. The van der Waals surface area contributed by atoms with Crippen LogP contribution < -0.4 is 10.9 Å². The zero-order valence-electron chi connectivity index (χ0n) is 30.2. The van der Waals surface area contributed by atoms with E-state index in [1.807, 2.05) is 0 Å². The molecule has 0 spiro atoms. The molecule has 5 saturated carbocycles. The first kappa shape index (κ1) is 31.5. The van der Waals surface area contributed by atoms with Gasteiger partial charge in [0.05, 0.1) is 0 Å². The van der Waals surface area contributed by atoms with Gasteiger partial charge in [0, 0.05) is 57.3 Å². The van der Waals surface area contributed by atoms with Crippen molar-refractivity contribution in [3.63, 3.8) is 0 Å². The van der Waals surface area contributed by atoms with E-state index in [-0.39, 0.29) is 0 Å². The van der Waals surface area contributed by atoms with Crippen LogP contribution in [0.5, 0.6) is 0 Å². The largest absolute Gasteiger partial charge is 0.292 e. The van der Waals surface area contributed by atoms with Crippen LogP contribution in [0.3, 0.4) is 0 Å². The highest BCUT2D eigenvalue weighted by Gasteiger charge is 2.66. The maximum absolute atomic E-state index is 3.46. The molecule has 10 aliphatic rings. The minimum Gasteiger partial charge on any atom is -0.292 e. The van der Waals surface area contributed by atoms with E-state index in [2.05, 4.69) is 94.0 Å². The SMILES string of the molecule is c1ccc(B(c2ccccc2)C2C3SC4CCCC5CC6CCC7CC8CCC9CC%10CCCC%11SC2C(CC3N(C6C7)C54)N(C9C8)C%10%11)cc1. The smallest absolute Gasteiger partial charge is 0.214 e. The molecule has 2 aromatic rings. The van der Waals surface area contributed by atoms with Gasteiger partial charge in [0.15, 0.2) is 0 Å². The van der Waals surface area contributed by atoms with Crippen LogP contribution in [0, 0.1) is 35.5 Å². The fourth-order valence-electron chi connectivity index (χ4n) is 16.0. The molecule has 0 radical (unpaired) electrons. The normalized spacial score (nSPS) is 50.2. The molecule has 2 aromatic carbocycles. The zero-order chi connectivity index (χ0) is 32.5. The standard InChI is InChI=1S/C45H59BN2S2/c1-3-11-33(12-4-1)46(34-13-5-2-6-14-34)41-44-37-26-38-45(41)50-40-16-8-10-32-25-30-20-18-28(23-36(30)48(38)43(32)40)21-27-17-19-29-24-31-9-7-15-39(49-44)42(31)47(37)35(29)22-27/h1-6,11-14,27-32,35-45H,7-10,15-26H2. The Morgan fingerprint density at radius 2 is 0.960 bits per heavy atom. The van der Waals surface area contributed by atoms with E-state index in [1.54, 1.807) is 68.7 Å². The molecule has 0 aromatic heterocycles. The summed E-state index contributed by atoms with van der Waals surface area (Å²) in [4.78, 5) is 6.92. The highest BCUT2D eigenvalue weighted by atomic mass is 32.2. The second-order valence-corrected chi connectivity index (χ2v) is 22.3. The number of thioether (sulfide) groups is 2. The van der Waals surface area contributed by atoms with Gasteiger partial charge in [-0.05, 0) is 118 Å². The van der Waals surface area contributed by atoms with E-state index in [0.717, 1.165) is 92.8 Å². The van der Waals surface area contributed by atoms with Gasteiger partial charge in [0.25, 0.3) is 0 Å². The van der Waals surface area contributed by atoms with Gasteiger partial charge in [0.2, 0.25) is 6.71 Å². The summed E-state index contributed by atoms with van der Waals surface area (Å²) in [5.74, 6) is 6.54. The van der Waals surface area contributed by atoms with E-state index in [4.69, 9.17) is 0 Å². The summed E-state index contributed by atoms with van der Waals surface area (Å²) in [7, 11) is 0. The number of rotatable bonds is 3. The maximum atomic E-state index is 3.46. The number of piperidine rings is 2. The summed E-state index contributed by atoms with van der Waals surface area (Å²) in [5, 5.41) is 3.20. The molecule has 5 saturated heterocycles. The summed E-state index contributed by atoms with van der Waals surface area (Å²) in [5.41, 5.74) is 3.20. The Labute approximate surface area is 311 Å². The Morgan fingerprint density at radius 1 is 0.460 bits per heavy atom. The van der Waals surface area contributed by atoms with Crippen molar-refractivity contribution in [1.29, 1.82) is 0 Å². The molecule has 16 unspecified atom stereocenters. The van der Waals surface area contributed by atoms with Crippen molar-refractivity contribution in [2.24, 2.45) is 35.5 Å². The van der Waals surface area contributed by atoms with Gasteiger partial charge in [-0.15, -0.1) is 0 Å². The molecule has 5 aliphatic heterocycles. The molecule has 50 heavy (non-hydrogen) atoms. The Kier molecular flexibility index (Phi) is 7.76. The third kappa shape index (κ3) is 4.76. The predicted molar refractivity (Wildman–Crippen MR) is 213 cm³/mol. The molecule has 5 heterocycles. The minimum atomic E-state index is 0.483. The topological polar surface area (TPSA) is 6.48 Å². The second kappa shape index (κ2) is 12.3. The van der Waals surface area contributed by atoms with E-state index in [1.165, 1.54) is 44.9 Å². The van der Waals surface area contributed by atoms with Gasteiger partial charge in [-0.3, -0.25) is 9.80 Å². The molecule has 264 valence electrons. The van der Waals surface area contributed by atoms with Crippen LogP contribution in [-0.4, -0.2) is 73.8 Å². The van der Waals surface area contributed by atoms with E-state index < -0.39 is 0 Å². The average molecular weight is 703 g/mol. The molecule has 5 heteroatoms. The molecule has 10 fully saturated rings. The molecule has 5 aliphatic carbocycles. The van der Waals surface area contributed by atoms with Crippen molar-refractivity contribution in [2.75, 3.05) is 0 Å². The average Bonchev–Trinajstić information content (AvgIpc) is 3.15. The van der Waals surface area contributed by atoms with Crippen LogP contribution in [0.15, 0.2) is 60.7 Å². The monoisotopic (exact) mass is 702 g/mol. The van der Waals surface area contributed by atoms with Crippen molar-refractivity contribution in [2.45, 2.75) is 166 Å². The van der Waals surface area contributed by atoms with Crippen LogP contribution in [0.2, 0.25) is 5.82 Å². The third-order valence-corrected chi connectivity index (χ3v) is 21.1. The minimum absolute atomic E-state index is 0.483. The Balaban J connectivity index is 1.07. The number of fused-ring (bicyclic) bond motifs is 2. The summed E-state index contributed by atoms with van der Waals surface area (Å²) in [6.07, 6.45) is 24.4.